The van der Waals surface area contributed by atoms with E-state index in [1.165, 1.54) is 23.1 Å². The Kier molecular flexibility index (Phi) is 6.96. The first kappa shape index (κ1) is 18.8. The van der Waals surface area contributed by atoms with Gasteiger partial charge in [-0.3, -0.25) is 0 Å². The molecule has 0 spiro atoms. The summed E-state index contributed by atoms with van der Waals surface area (Å²) in [6.07, 6.45) is 10.7. The number of allylic oxidation sites excluding steroid dienone is 4. The van der Waals surface area contributed by atoms with E-state index in [2.05, 4.69) is 49.1 Å². The van der Waals surface area contributed by atoms with Crippen molar-refractivity contribution < 1.29 is 10.2 Å². The normalized spacial score (nSPS) is 31.2. The van der Waals surface area contributed by atoms with E-state index in [4.69, 9.17) is 0 Å². The molecule has 0 amide bonds. The van der Waals surface area contributed by atoms with Crippen molar-refractivity contribution in [2.45, 2.75) is 52.1 Å². The summed E-state index contributed by atoms with van der Waals surface area (Å²) < 4.78 is 1.15. The molecule has 2 aliphatic carbocycles. The molecule has 4 atom stereocenters. The molecule has 23 heavy (non-hydrogen) atoms. The number of unbranched alkanes of at least 4 members (excludes halogenated alkanes) is 1. The van der Waals surface area contributed by atoms with E-state index in [1.54, 1.807) is 6.08 Å². The smallest absolute Gasteiger partial charge is 0.0989 e. The summed E-state index contributed by atoms with van der Waals surface area (Å²) in [7, 11) is 0. The summed E-state index contributed by atoms with van der Waals surface area (Å²) in [5.41, 5.74) is 3.80. The van der Waals surface area contributed by atoms with Gasteiger partial charge in [0, 0.05) is 5.92 Å². The van der Waals surface area contributed by atoms with Gasteiger partial charge in [0.2, 0.25) is 0 Å². The molecule has 3 heteroatoms. The topological polar surface area (TPSA) is 40.5 Å². The number of alkyl halides is 1. The average molecular weight is 428 g/mol. The molecule has 0 fully saturated rings. The number of rotatable bonds is 6. The van der Waals surface area contributed by atoms with Crippen LogP contribution in [0.15, 0.2) is 47.3 Å². The second-order valence-corrected chi connectivity index (χ2v) is 8.11. The van der Waals surface area contributed by atoms with Gasteiger partial charge in [-0.1, -0.05) is 58.0 Å². The van der Waals surface area contributed by atoms with Crippen molar-refractivity contribution in [1.29, 1.82) is 0 Å². The van der Waals surface area contributed by atoms with Crippen LogP contribution in [0.25, 0.3) is 0 Å². The first-order valence-corrected chi connectivity index (χ1v) is 10.1. The van der Waals surface area contributed by atoms with Crippen LogP contribution >= 0.6 is 22.6 Å². The molecule has 2 N–H and O–H groups in total. The number of hydrogen-bond donors (Lipinski definition) is 2. The molecular weight excluding hydrogens is 399 g/mol. The van der Waals surface area contributed by atoms with Crippen molar-refractivity contribution in [3.63, 3.8) is 0 Å². The Morgan fingerprint density at radius 1 is 1.30 bits per heavy atom. The van der Waals surface area contributed by atoms with Gasteiger partial charge in [0.25, 0.3) is 0 Å². The lowest BCUT2D eigenvalue weighted by atomic mass is 9.67. The van der Waals surface area contributed by atoms with Crippen LogP contribution in [0, 0.1) is 17.8 Å². The van der Waals surface area contributed by atoms with Crippen molar-refractivity contribution >= 4 is 22.6 Å². The first-order chi connectivity index (χ1) is 10.9. The number of halogens is 1. The molecule has 0 saturated heterocycles. The highest BCUT2D eigenvalue weighted by Crippen LogP contribution is 2.44. The quantitative estimate of drug-likeness (QED) is 0.254. The van der Waals surface area contributed by atoms with Gasteiger partial charge in [0.15, 0.2) is 0 Å². The van der Waals surface area contributed by atoms with E-state index in [0.29, 0.717) is 11.7 Å². The Morgan fingerprint density at radius 3 is 2.70 bits per heavy atom. The van der Waals surface area contributed by atoms with Gasteiger partial charge >= 0.3 is 0 Å². The van der Waals surface area contributed by atoms with Gasteiger partial charge in [-0.15, -0.1) is 0 Å². The largest absolute Gasteiger partial charge is 0.512 e. The summed E-state index contributed by atoms with van der Waals surface area (Å²) in [4.78, 5) is 0. The standard InChI is InChI=1S/C20H29IO2/c1-13(2)17-8-7-14(3)10-18(17)20-15(6-4-5-9-21)11-16(22)12-19(20)23/h10-12,16-18,20,22-23H,1,4-9H2,2-3H3/t16?,17-,18+,20?/m1/s1. The van der Waals surface area contributed by atoms with E-state index in [0.717, 1.165) is 30.1 Å². The maximum atomic E-state index is 10.6. The van der Waals surface area contributed by atoms with Gasteiger partial charge in [-0.25, -0.2) is 0 Å². The Hall–Kier alpha value is -0.550. The third-order valence-electron chi connectivity index (χ3n) is 5.10. The molecular formula is C20H29IO2. The minimum atomic E-state index is -0.655. The average Bonchev–Trinajstić information content (AvgIpc) is 2.46. The predicted molar refractivity (Wildman–Crippen MR) is 106 cm³/mol. The molecule has 0 heterocycles. The summed E-state index contributed by atoms with van der Waals surface area (Å²) in [5, 5.41) is 20.6. The third-order valence-corrected chi connectivity index (χ3v) is 5.87. The Labute approximate surface area is 154 Å². The minimum absolute atomic E-state index is 0.00422. The summed E-state index contributed by atoms with van der Waals surface area (Å²) in [5.74, 6) is 1.01. The zero-order chi connectivity index (χ0) is 17.0. The summed E-state index contributed by atoms with van der Waals surface area (Å²) in [6.45, 7) is 8.47. The molecule has 2 rings (SSSR count). The molecule has 2 nitrogen and oxygen atoms in total. The van der Waals surface area contributed by atoms with Crippen molar-refractivity contribution in [1.82, 2.24) is 0 Å². The molecule has 0 aromatic heterocycles. The van der Waals surface area contributed by atoms with Gasteiger partial charge in [-0.05, 0) is 68.3 Å². The fraction of sp³-hybridized carbons (Fsp3) is 0.600. The predicted octanol–water partition coefficient (Wildman–Crippen LogP) is 5.50. The van der Waals surface area contributed by atoms with Crippen LogP contribution < -0.4 is 0 Å². The lowest BCUT2D eigenvalue weighted by Crippen LogP contribution is -2.31. The molecule has 0 aromatic carbocycles. The Morgan fingerprint density at radius 2 is 2.04 bits per heavy atom. The SMILES string of the molecule is C=C(C)[C@H]1CCC(C)=C[C@@H]1C1C(O)=CC(O)C=C1CCCCI. The molecule has 0 radical (unpaired) electrons. The van der Waals surface area contributed by atoms with Gasteiger partial charge in [-0.2, -0.15) is 0 Å². The van der Waals surface area contributed by atoms with Gasteiger partial charge < -0.3 is 10.2 Å². The minimum Gasteiger partial charge on any atom is -0.512 e. The van der Waals surface area contributed by atoms with E-state index in [-0.39, 0.29) is 11.8 Å². The van der Waals surface area contributed by atoms with Crippen LogP contribution in [0.5, 0.6) is 0 Å². The van der Waals surface area contributed by atoms with E-state index in [9.17, 15) is 10.2 Å². The molecule has 0 saturated carbocycles. The summed E-state index contributed by atoms with van der Waals surface area (Å²) in [6, 6.07) is 0. The Balaban J connectivity index is 2.30. The van der Waals surface area contributed by atoms with Crippen molar-refractivity contribution in [2.75, 3.05) is 4.43 Å². The highest BCUT2D eigenvalue weighted by molar-refractivity contribution is 14.1. The van der Waals surface area contributed by atoms with Crippen molar-refractivity contribution in [3.8, 4) is 0 Å². The lowest BCUT2D eigenvalue weighted by molar-refractivity contribution is 0.216. The maximum absolute atomic E-state index is 10.6. The van der Waals surface area contributed by atoms with Gasteiger partial charge in [0.05, 0.1) is 11.9 Å². The van der Waals surface area contributed by atoms with E-state index >= 15 is 0 Å². The second-order valence-electron chi connectivity index (χ2n) is 7.03. The second kappa shape index (κ2) is 8.52. The van der Waals surface area contributed by atoms with Crippen molar-refractivity contribution in [3.05, 3.63) is 47.3 Å². The first-order valence-electron chi connectivity index (χ1n) is 8.62. The van der Waals surface area contributed by atoms with Gasteiger partial charge in [0.1, 0.15) is 0 Å². The van der Waals surface area contributed by atoms with Crippen LogP contribution in [0.3, 0.4) is 0 Å². The maximum Gasteiger partial charge on any atom is 0.0989 e. The molecule has 2 aliphatic rings. The highest BCUT2D eigenvalue weighted by Gasteiger charge is 2.36. The van der Waals surface area contributed by atoms with Crippen molar-refractivity contribution in [2.24, 2.45) is 17.8 Å². The van der Waals surface area contributed by atoms with Crippen LogP contribution in [0.4, 0.5) is 0 Å². The third kappa shape index (κ3) is 4.72. The monoisotopic (exact) mass is 428 g/mol. The number of hydrogen-bond acceptors (Lipinski definition) is 2. The Bertz CT molecular complexity index is 530. The summed E-state index contributed by atoms with van der Waals surface area (Å²) >= 11 is 2.40. The highest BCUT2D eigenvalue weighted by atomic mass is 127. The zero-order valence-electron chi connectivity index (χ0n) is 14.3. The van der Waals surface area contributed by atoms with E-state index < -0.39 is 6.10 Å². The molecule has 2 unspecified atom stereocenters. The molecule has 0 aliphatic heterocycles. The fourth-order valence-electron chi connectivity index (χ4n) is 3.95. The number of aliphatic hydroxyl groups excluding tert-OH is 2. The van der Waals surface area contributed by atoms with Crippen LogP contribution in [0.1, 0.15) is 46.0 Å². The molecule has 0 aromatic rings. The zero-order valence-corrected chi connectivity index (χ0v) is 16.4. The molecule has 0 bridgehead atoms. The lowest BCUT2D eigenvalue weighted by Gasteiger charge is -2.38. The molecule has 128 valence electrons. The number of aliphatic hydroxyl groups is 2. The van der Waals surface area contributed by atoms with Crippen LogP contribution in [0.2, 0.25) is 0 Å². The van der Waals surface area contributed by atoms with Crippen LogP contribution in [-0.4, -0.2) is 20.7 Å². The van der Waals surface area contributed by atoms with Crippen LogP contribution in [-0.2, 0) is 0 Å². The van der Waals surface area contributed by atoms with E-state index in [1.807, 2.05) is 6.08 Å². The fourth-order valence-corrected chi connectivity index (χ4v) is 4.49.